The number of sulfonamides is 1. The fourth-order valence-electron chi connectivity index (χ4n) is 3.04. The predicted molar refractivity (Wildman–Crippen MR) is 102 cm³/mol. The average Bonchev–Trinajstić information content (AvgIpc) is 2.52. The fourth-order valence-corrected chi connectivity index (χ4v) is 6.24. The third-order valence-corrected chi connectivity index (χ3v) is 7.75. The normalized spacial score (nSPS) is 19.7. The topological polar surface area (TPSA) is 63.7 Å². The van der Waals surface area contributed by atoms with Crippen LogP contribution >= 0.6 is 11.8 Å². The standard InChI is InChI=1S/C18H27NO4S2/c1-12-9-14(18(3,4)5)10-13(2)16(12)25(21,22)19-7-8-24-15(11-19)17(20)23-6/h9-10,15H,7-8,11H2,1-6H3/t15-/m0/s1. The molecule has 0 bridgehead atoms. The van der Waals surface area contributed by atoms with Crippen LogP contribution in [0.25, 0.3) is 0 Å². The van der Waals surface area contributed by atoms with Crippen LogP contribution in [-0.4, -0.2) is 49.9 Å². The number of nitrogens with zero attached hydrogens (tertiary/aromatic N) is 1. The maximum Gasteiger partial charge on any atom is 0.320 e. The SMILES string of the molecule is COC(=O)[C@@H]1CN(S(=O)(=O)c2c(C)cc(C(C)(C)C)cc2C)CCS1. The smallest absolute Gasteiger partial charge is 0.320 e. The Kier molecular flexibility index (Phi) is 5.91. The lowest BCUT2D eigenvalue weighted by Crippen LogP contribution is -2.45. The highest BCUT2D eigenvalue weighted by Crippen LogP contribution is 2.32. The van der Waals surface area contributed by atoms with Crippen LogP contribution in [0.5, 0.6) is 0 Å². The van der Waals surface area contributed by atoms with Crippen molar-refractivity contribution in [1.29, 1.82) is 0 Å². The zero-order valence-corrected chi connectivity index (χ0v) is 17.4. The van der Waals surface area contributed by atoms with Crippen LogP contribution in [0.1, 0.15) is 37.5 Å². The summed E-state index contributed by atoms with van der Waals surface area (Å²) in [6, 6.07) is 3.91. The summed E-state index contributed by atoms with van der Waals surface area (Å²) in [6.07, 6.45) is 0. The van der Waals surface area contributed by atoms with E-state index < -0.39 is 15.3 Å². The number of methoxy groups -OCH3 is 1. The summed E-state index contributed by atoms with van der Waals surface area (Å²) in [6.45, 7) is 10.6. The first kappa shape index (κ1) is 20.3. The molecule has 2 rings (SSSR count). The average molecular weight is 386 g/mol. The Balaban J connectivity index is 2.41. The van der Waals surface area contributed by atoms with Crippen LogP contribution in [-0.2, 0) is 25.0 Å². The van der Waals surface area contributed by atoms with Crippen molar-refractivity contribution in [2.24, 2.45) is 0 Å². The van der Waals surface area contributed by atoms with Crippen molar-refractivity contribution in [2.45, 2.75) is 50.2 Å². The predicted octanol–water partition coefficient (Wildman–Crippen LogP) is 2.88. The first-order valence-corrected chi connectivity index (χ1v) is 10.8. The van der Waals surface area contributed by atoms with E-state index in [2.05, 4.69) is 20.8 Å². The molecule has 0 radical (unpaired) electrons. The van der Waals surface area contributed by atoms with Gasteiger partial charge in [0.15, 0.2) is 0 Å². The largest absolute Gasteiger partial charge is 0.468 e. The van der Waals surface area contributed by atoms with Crippen LogP contribution in [0, 0.1) is 13.8 Å². The molecule has 1 heterocycles. The number of thioether (sulfide) groups is 1. The van der Waals surface area contributed by atoms with Gasteiger partial charge in [0.05, 0.1) is 12.0 Å². The summed E-state index contributed by atoms with van der Waals surface area (Å²) in [4.78, 5) is 12.2. The summed E-state index contributed by atoms with van der Waals surface area (Å²) in [5.74, 6) is 0.207. The minimum atomic E-state index is -3.65. The Labute approximate surface area is 155 Å². The van der Waals surface area contributed by atoms with Crippen molar-refractivity contribution >= 4 is 27.8 Å². The van der Waals surface area contributed by atoms with Gasteiger partial charge in [-0.3, -0.25) is 4.79 Å². The molecule has 1 aliphatic heterocycles. The van der Waals surface area contributed by atoms with E-state index >= 15 is 0 Å². The molecule has 7 heteroatoms. The quantitative estimate of drug-likeness (QED) is 0.749. The minimum absolute atomic E-state index is 0.0461. The van der Waals surface area contributed by atoms with E-state index in [-0.39, 0.29) is 17.9 Å². The van der Waals surface area contributed by atoms with Gasteiger partial charge in [0.25, 0.3) is 0 Å². The van der Waals surface area contributed by atoms with Gasteiger partial charge < -0.3 is 4.74 Å². The molecule has 1 fully saturated rings. The number of hydrogen-bond acceptors (Lipinski definition) is 5. The minimum Gasteiger partial charge on any atom is -0.468 e. The Morgan fingerprint density at radius 2 is 1.80 bits per heavy atom. The highest BCUT2D eigenvalue weighted by molar-refractivity contribution is 8.00. The van der Waals surface area contributed by atoms with E-state index in [0.29, 0.717) is 17.2 Å². The van der Waals surface area contributed by atoms with Crippen molar-refractivity contribution in [3.63, 3.8) is 0 Å². The molecule has 0 spiro atoms. The molecule has 1 aromatic carbocycles. The van der Waals surface area contributed by atoms with Gasteiger partial charge in [0, 0.05) is 18.8 Å². The summed E-state index contributed by atoms with van der Waals surface area (Å²) in [5.41, 5.74) is 2.56. The molecule has 0 unspecified atom stereocenters. The van der Waals surface area contributed by atoms with E-state index in [4.69, 9.17) is 4.74 Å². The first-order valence-electron chi connectivity index (χ1n) is 8.29. The number of ether oxygens (including phenoxy) is 1. The van der Waals surface area contributed by atoms with Crippen molar-refractivity contribution in [2.75, 3.05) is 26.0 Å². The molecule has 0 aromatic heterocycles. The molecular formula is C18H27NO4S2. The Morgan fingerprint density at radius 3 is 2.28 bits per heavy atom. The van der Waals surface area contributed by atoms with Gasteiger partial charge in [-0.1, -0.05) is 32.9 Å². The van der Waals surface area contributed by atoms with Gasteiger partial charge in [0.1, 0.15) is 5.25 Å². The molecule has 0 aliphatic carbocycles. The van der Waals surface area contributed by atoms with E-state index in [1.54, 1.807) is 0 Å². The van der Waals surface area contributed by atoms with Crippen LogP contribution in [0.15, 0.2) is 17.0 Å². The Hall–Kier alpha value is -1.05. The molecule has 0 N–H and O–H groups in total. The zero-order chi connectivity index (χ0) is 19.0. The van der Waals surface area contributed by atoms with Gasteiger partial charge >= 0.3 is 5.97 Å². The number of hydrogen-bond donors (Lipinski definition) is 0. The molecule has 5 nitrogen and oxygen atoms in total. The van der Waals surface area contributed by atoms with Gasteiger partial charge in [-0.05, 0) is 36.0 Å². The first-order chi connectivity index (χ1) is 11.5. The van der Waals surface area contributed by atoms with E-state index in [0.717, 1.165) is 16.7 Å². The second kappa shape index (κ2) is 7.29. The number of rotatable bonds is 3. The van der Waals surface area contributed by atoms with Crippen molar-refractivity contribution in [1.82, 2.24) is 4.31 Å². The molecule has 1 saturated heterocycles. The van der Waals surface area contributed by atoms with Crippen LogP contribution in [0.3, 0.4) is 0 Å². The molecular weight excluding hydrogens is 358 g/mol. The second-order valence-corrected chi connectivity index (χ2v) is 10.6. The zero-order valence-electron chi connectivity index (χ0n) is 15.8. The number of carbonyl (C=O) groups is 1. The summed E-state index contributed by atoms with van der Waals surface area (Å²) < 4.78 is 32.6. The Bertz CT molecular complexity index is 743. The maximum atomic E-state index is 13.2. The fraction of sp³-hybridized carbons (Fsp3) is 0.611. The molecule has 0 amide bonds. The van der Waals surface area contributed by atoms with Crippen LogP contribution < -0.4 is 0 Å². The molecule has 25 heavy (non-hydrogen) atoms. The molecule has 1 aliphatic rings. The van der Waals surface area contributed by atoms with Gasteiger partial charge in [-0.15, -0.1) is 11.8 Å². The molecule has 0 saturated carbocycles. The van der Waals surface area contributed by atoms with Crippen molar-refractivity contribution in [3.8, 4) is 0 Å². The third-order valence-electron chi connectivity index (χ3n) is 4.42. The monoisotopic (exact) mass is 385 g/mol. The number of carbonyl (C=O) groups excluding carboxylic acids is 1. The summed E-state index contributed by atoms with van der Waals surface area (Å²) >= 11 is 1.44. The molecule has 1 aromatic rings. The number of esters is 1. The lowest BCUT2D eigenvalue weighted by molar-refractivity contribution is -0.140. The highest BCUT2D eigenvalue weighted by Gasteiger charge is 2.36. The lowest BCUT2D eigenvalue weighted by Gasteiger charge is -2.31. The van der Waals surface area contributed by atoms with Gasteiger partial charge in [-0.25, -0.2) is 8.42 Å². The summed E-state index contributed by atoms with van der Waals surface area (Å²) in [7, 11) is -2.32. The van der Waals surface area contributed by atoms with Crippen molar-refractivity contribution in [3.05, 3.63) is 28.8 Å². The number of aryl methyl sites for hydroxylation is 2. The van der Waals surface area contributed by atoms with Gasteiger partial charge in [0.2, 0.25) is 10.0 Å². The number of benzene rings is 1. The molecule has 140 valence electrons. The van der Waals surface area contributed by atoms with Gasteiger partial charge in [-0.2, -0.15) is 4.31 Å². The molecule has 1 atom stereocenters. The highest BCUT2D eigenvalue weighted by atomic mass is 32.2. The van der Waals surface area contributed by atoms with Crippen LogP contribution in [0.4, 0.5) is 0 Å². The second-order valence-electron chi connectivity index (χ2n) is 7.43. The summed E-state index contributed by atoms with van der Waals surface area (Å²) in [5, 5.41) is -0.469. The Morgan fingerprint density at radius 1 is 1.24 bits per heavy atom. The third kappa shape index (κ3) is 4.20. The van der Waals surface area contributed by atoms with E-state index in [1.807, 2.05) is 26.0 Å². The van der Waals surface area contributed by atoms with Crippen molar-refractivity contribution < 1.29 is 17.9 Å². The maximum absolute atomic E-state index is 13.2. The van der Waals surface area contributed by atoms with E-state index in [1.165, 1.54) is 23.2 Å². The lowest BCUT2D eigenvalue weighted by atomic mass is 9.85. The van der Waals surface area contributed by atoms with E-state index in [9.17, 15) is 13.2 Å². The van der Waals surface area contributed by atoms with Crippen LogP contribution in [0.2, 0.25) is 0 Å².